The molecule has 1 heterocycles. The first kappa shape index (κ1) is 24.1. The molecule has 0 bridgehead atoms. The highest BCUT2D eigenvalue weighted by atomic mass is 19.4. The van der Waals surface area contributed by atoms with Gasteiger partial charge in [0.2, 0.25) is 0 Å². The summed E-state index contributed by atoms with van der Waals surface area (Å²) in [5, 5.41) is 8.31. The fourth-order valence-corrected chi connectivity index (χ4v) is 4.50. The highest BCUT2D eigenvalue weighted by molar-refractivity contribution is 6.06. The highest BCUT2D eigenvalue weighted by Gasteiger charge is 2.30. The molecule has 7 heteroatoms. The number of anilines is 1. The quantitative estimate of drug-likeness (QED) is 0.401. The predicted molar refractivity (Wildman–Crippen MR) is 130 cm³/mol. The van der Waals surface area contributed by atoms with Crippen LogP contribution < -0.4 is 10.6 Å². The number of hydrogen-bond acceptors (Lipinski definition) is 3. The number of benzene rings is 3. The van der Waals surface area contributed by atoms with E-state index < -0.39 is 11.7 Å². The number of carbonyl (C=O) groups excluding carboxylic acids is 1. The van der Waals surface area contributed by atoms with E-state index in [4.69, 9.17) is 0 Å². The molecule has 0 spiro atoms. The number of amides is 1. The lowest BCUT2D eigenvalue weighted by molar-refractivity contribution is -0.137. The predicted octanol–water partition coefficient (Wildman–Crippen LogP) is 5.95. The molecule has 3 aromatic carbocycles. The van der Waals surface area contributed by atoms with Crippen LogP contribution >= 0.6 is 0 Å². The number of carbonyl (C=O) groups is 1. The molecule has 0 aliphatic carbocycles. The summed E-state index contributed by atoms with van der Waals surface area (Å²) in [6, 6.07) is 19.2. The minimum atomic E-state index is -4.32. The SMILES string of the molecule is O=C(NCCCCN1CCC(Nc2cccc(C(F)(F)F)c2)CC1)c1cccc2ccccc12. The van der Waals surface area contributed by atoms with E-state index in [1.165, 1.54) is 12.1 Å². The zero-order chi connectivity index (χ0) is 24.0. The van der Waals surface area contributed by atoms with Crippen molar-refractivity contribution in [1.29, 1.82) is 0 Å². The number of likely N-dealkylation sites (tertiary alicyclic amines) is 1. The van der Waals surface area contributed by atoms with E-state index in [1.54, 1.807) is 6.07 Å². The van der Waals surface area contributed by atoms with E-state index in [2.05, 4.69) is 15.5 Å². The maximum Gasteiger partial charge on any atom is 0.416 e. The summed E-state index contributed by atoms with van der Waals surface area (Å²) in [6.45, 7) is 3.42. The van der Waals surface area contributed by atoms with Gasteiger partial charge in [-0.1, -0.05) is 42.5 Å². The summed E-state index contributed by atoms with van der Waals surface area (Å²) in [7, 11) is 0. The molecule has 0 radical (unpaired) electrons. The average molecular weight is 470 g/mol. The standard InChI is InChI=1S/C27H30F3N3O/c28-27(29,30)21-9-6-10-23(19-21)32-22-13-17-33(18-14-22)16-4-3-15-31-26(34)25-12-5-8-20-7-1-2-11-24(20)25/h1-2,5-12,19,22,32H,3-4,13-18H2,(H,31,34). The third kappa shape index (κ3) is 6.29. The largest absolute Gasteiger partial charge is 0.416 e. The third-order valence-corrected chi connectivity index (χ3v) is 6.37. The molecule has 0 saturated carbocycles. The van der Waals surface area contributed by atoms with Crippen molar-refractivity contribution in [1.82, 2.24) is 10.2 Å². The Morgan fingerprint density at radius 3 is 2.47 bits per heavy atom. The van der Waals surface area contributed by atoms with Gasteiger partial charge in [0.25, 0.3) is 5.91 Å². The first-order valence-electron chi connectivity index (χ1n) is 11.8. The summed E-state index contributed by atoms with van der Waals surface area (Å²) in [6.07, 6.45) is -0.641. The number of unbranched alkanes of at least 4 members (excludes halogenated alkanes) is 1. The Labute approximate surface area is 198 Å². The van der Waals surface area contributed by atoms with Gasteiger partial charge >= 0.3 is 6.18 Å². The zero-order valence-corrected chi connectivity index (χ0v) is 19.1. The number of hydrogen-bond donors (Lipinski definition) is 2. The Balaban J connectivity index is 1.15. The molecule has 0 atom stereocenters. The third-order valence-electron chi connectivity index (χ3n) is 6.37. The van der Waals surface area contributed by atoms with Gasteiger partial charge < -0.3 is 15.5 Å². The number of rotatable bonds is 8. The lowest BCUT2D eigenvalue weighted by Gasteiger charge is -2.33. The Morgan fingerprint density at radius 2 is 1.68 bits per heavy atom. The van der Waals surface area contributed by atoms with E-state index >= 15 is 0 Å². The summed E-state index contributed by atoms with van der Waals surface area (Å²) in [5.41, 5.74) is 0.603. The van der Waals surface area contributed by atoms with Gasteiger partial charge in [0.15, 0.2) is 0 Å². The van der Waals surface area contributed by atoms with Crippen LogP contribution in [-0.4, -0.2) is 43.0 Å². The van der Waals surface area contributed by atoms with Crippen LogP contribution in [0.15, 0.2) is 66.7 Å². The van der Waals surface area contributed by atoms with Crippen molar-refractivity contribution in [3.63, 3.8) is 0 Å². The van der Waals surface area contributed by atoms with Crippen molar-refractivity contribution in [2.24, 2.45) is 0 Å². The lowest BCUT2D eigenvalue weighted by atomic mass is 10.0. The van der Waals surface area contributed by atoms with Crippen molar-refractivity contribution in [3.8, 4) is 0 Å². The van der Waals surface area contributed by atoms with E-state index in [1.807, 2.05) is 42.5 Å². The Hall–Kier alpha value is -3.06. The van der Waals surface area contributed by atoms with Gasteiger partial charge in [-0.05, 0) is 67.3 Å². The first-order chi connectivity index (χ1) is 16.4. The van der Waals surface area contributed by atoms with E-state index in [0.717, 1.165) is 62.2 Å². The van der Waals surface area contributed by atoms with E-state index in [0.29, 0.717) is 17.8 Å². The van der Waals surface area contributed by atoms with Crippen LogP contribution in [0, 0.1) is 0 Å². The van der Waals surface area contributed by atoms with Crippen molar-refractivity contribution in [2.45, 2.75) is 37.9 Å². The molecule has 180 valence electrons. The molecular formula is C27H30F3N3O. The van der Waals surface area contributed by atoms with Crippen LogP contribution in [0.1, 0.15) is 41.6 Å². The molecule has 0 aromatic heterocycles. The Bertz CT molecular complexity index is 1100. The second-order valence-corrected chi connectivity index (χ2v) is 8.83. The molecule has 4 rings (SSSR count). The van der Waals surface area contributed by atoms with Gasteiger partial charge in [-0.15, -0.1) is 0 Å². The molecule has 4 nitrogen and oxygen atoms in total. The normalized spacial score (nSPS) is 15.4. The fraction of sp³-hybridized carbons (Fsp3) is 0.370. The van der Waals surface area contributed by atoms with Crippen LogP contribution in [-0.2, 0) is 6.18 Å². The summed E-state index contributed by atoms with van der Waals surface area (Å²) < 4.78 is 38.7. The monoisotopic (exact) mass is 469 g/mol. The second-order valence-electron chi connectivity index (χ2n) is 8.83. The van der Waals surface area contributed by atoms with Crippen molar-refractivity contribution in [3.05, 3.63) is 77.9 Å². The van der Waals surface area contributed by atoms with Gasteiger partial charge in [-0.3, -0.25) is 4.79 Å². The zero-order valence-electron chi connectivity index (χ0n) is 19.1. The first-order valence-corrected chi connectivity index (χ1v) is 11.8. The van der Waals surface area contributed by atoms with Gasteiger partial charge in [0.1, 0.15) is 0 Å². The van der Waals surface area contributed by atoms with Crippen LogP contribution in [0.25, 0.3) is 10.8 Å². The molecule has 3 aromatic rings. The van der Waals surface area contributed by atoms with E-state index in [9.17, 15) is 18.0 Å². The minimum Gasteiger partial charge on any atom is -0.382 e. The number of halogens is 3. The van der Waals surface area contributed by atoms with Gasteiger partial charge in [-0.2, -0.15) is 13.2 Å². The van der Waals surface area contributed by atoms with Crippen molar-refractivity contribution in [2.75, 3.05) is 31.5 Å². The smallest absolute Gasteiger partial charge is 0.382 e. The van der Waals surface area contributed by atoms with Crippen LogP contribution in [0.2, 0.25) is 0 Å². The lowest BCUT2D eigenvalue weighted by Crippen LogP contribution is -2.39. The molecule has 34 heavy (non-hydrogen) atoms. The van der Waals surface area contributed by atoms with E-state index in [-0.39, 0.29) is 11.9 Å². The number of nitrogens with one attached hydrogen (secondary N) is 2. The average Bonchev–Trinajstić information content (AvgIpc) is 2.84. The Morgan fingerprint density at radius 1 is 0.941 bits per heavy atom. The van der Waals surface area contributed by atoms with Crippen LogP contribution in [0.4, 0.5) is 18.9 Å². The number of fused-ring (bicyclic) bond motifs is 1. The second kappa shape index (κ2) is 10.9. The maximum atomic E-state index is 12.9. The molecule has 1 aliphatic rings. The van der Waals surface area contributed by atoms with Crippen molar-refractivity contribution >= 4 is 22.4 Å². The van der Waals surface area contributed by atoms with Crippen molar-refractivity contribution < 1.29 is 18.0 Å². The molecule has 1 amide bonds. The van der Waals surface area contributed by atoms with Crippen LogP contribution in [0.5, 0.6) is 0 Å². The minimum absolute atomic E-state index is 0.0433. The summed E-state index contributed by atoms with van der Waals surface area (Å²) in [4.78, 5) is 15.0. The fourth-order valence-electron chi connectivity index (χ4n) is 4.50. The highest BCUT2D eigenvalue weighted by Crippen LogP contribution is 2.31. The molecule has 1 fully saturated rings. The van der Waals surface area contributed by atoms with Gasteiger partial charge in [-0.25, -0.2) is 0 Å². The van der Waals surface area contributed by atoms with Gasteiger partial charge in [0.05, 0.1) is 5.56 Å². The molecular weight excluding hydrogens is 439 g/mol. The molecule has 0 unspecified atom stereocenters. The van der Waals surface area contributed by atoms with Gasteiger partial charge in [0, 0.05) is 36.9 Å². The molecule has 2 N–H and O–H groups in total. The molecule has 1 aliphatic heterocycles. The topological polar surface area (TPSA) is 44.4 Å². The number of piperidine rings is 1. The number of nitrogens with zero attached hydrogens (tertiary/aromatic N) is 1. The summed E-state index contributed by atoms with van der Waals surface area (Å²) >= 11 is 0. The Kier molecular flexibility index (Phi) is 7.73. The maximum absolute atomic E-state index is 12.9. The number of alkyl halides is 3. The molecule has 1 saturated heterocycles. The summed E-state index contributed by atoms with van der Waals surface area (Å²) in [5.74, 6) is -0.0433. The van der Waals surface area contributed by atoms with Crippen LogP contribution in [0.3, 0.4) is 0 Å².